The van der Waals surface area contributed by atoms with E-state index in [-0.39, 0.29) is 5.56 Å². The summed E-state index contributed by atoms with van der Waals surface area (Å²) < 4.78 is 32.2. The maximum atomic E-state index is 15.4. The number of para-hydroxylation sites is 1. The molecule has 0 amide bonds. The summed E-state index contributed by atoms with van der Waals surface area (Å²) in [5, 5.41) is 2.17. The van der Waals surface area contributed by atoms with Crippen LogP contribution >= 0.6 is 0 Å². The van der Waals surface area contributed by atoms with Crippen molar-refractivity contribution in [2.45, 2.75) is 6.92 Å². The zero-order valence-electron chi connectivity index (χ0n) is 28.1. The van der Waals surface area contributed by atoms with Crippen LogP contribution in [-0.2, 0) is 0 Å². The standard InChI is InChI=1S/C46H30F2N4/c1-29-19-21-30(22-20-29)33-23-25-37-36-15-8-9-18-40(36)52(42(37)28-33)41-26-24-34(35-16-10-17-39(47)43(35)48)27-38(41)46-50-44(31-11-4-2-5-12-31)49-45(51-46)32-13-6-3-7-14-32/h2-28H,1H3. The van der Waals surface area contributed by atoms with Crippen molar-refractivity contribution in [3.8, 4) is 62.1 Å². The second kappa shape index (κ2) is 12.8. The fourth-order valence-electron chi connectivity index (χ4n) is 6.89. The molecule has 7 aromatic carbocycles. The molecule has 0 spiro atoms. The first-order valence-electron chi connectivity index (χ1n) is 17.1. The molecule has 6 heteroatoms. The average molecular weight is 677 g/mol. The number of fused-ring (bicyclic) bond motifs is 3. The maximum Gasteiger partial charge on any atom is 0.166 e. The van der Waals surface area contributed by atoms with Gasteiger partial charge >= 0.3 is 0 Å². The summed E-state index contributed by atoms with van der Waals surface area (Å²) in [5.41, 5.74) is 9.11. The largest absolute Gasteiger partial charge is 0.308 e. The van der Waals surface area contributed by atoms with Crippen LogP contribution in [0.2, 0.25) is 0 Å². The third kappa shape index (κ3) is 5.51. The van der Waals surface area contributed by atoms with Crippen LogP contribution in [0.1, 0.15) is 5.56 Å². The Morgan fingerprint density at radius 1 is 0.423 bits per heavy atom. The van der Waals surface area contributed by atoms with Gasteiger partial charge in [-0.25, -0.2) is 23.7 Å². The highest BCUT2D eigenvalue weighted by atomic mass is 19.2. The summed E-state index contributed by atoms with van der Waals surface area (Å²) in [7, 11) is 0. The van der Waals surface area contributed by atoms with Crippen molar-refractivity contribution in [2.24, 2.45) is 0 Å². The Bertz CT molecular complexity index is 2700. The number of nitrogens with zero attached hydrogens (tertiary/aromatic N) is 4. The molecule has 0 aliphatic carbocycles. The van der Waals surface area contributed by atoms with Crippen LogP contribution in [0.15, 0.2) is 164 Å². The van der Waals surface area contributed by atoms with E-state index in [1.165, 1.54) is 11.6 Å². The first-order valence-corrected chi connectivity index (χ1v) is 17.1. The van der Waals surface area contributed by atoms with Gasteiger partial charge in [-0.2, -0.15) is 0 Å². The Morgan fingerprint density at radius 2 is 1.02 bits per heavy atom. The van der Waals surface area contributed by atoms with E-state index in [0.717, 1.165) is 55.8 Å². The van der Waals surface area contributed by atoms with Gasteiger partial charge in [0.05, 0.1) is 16.7 Å². The normalized spacial score (nSPS) is 11.4. The van der Waals surface area contributed by atoms with Crippen LogP contribution in [0, 0.1) is 18.6 Å². The number of rotatable bonds is 6. The summed E-state index contributed by atoms with van der Waals surface area (Å²) in [6, 6.07) is 52.8. The molecular formula is C46H30F2N4. The molecule has 2 heterocycles. The minimum Gasteiger partial charge on any atom is -0.308 e. The van der Waals surface area contributed by atoms with E-state index in [1.807, 2.05) is 91.0 Å². The minimum atomic E-state index is -0.911. The lowest BCUT2D eigenvalue weighted by Gasteiger charge is -2.17. The topological polar surface area (TPSA) is 43.6 Å². The summed E-state index contributed by atoms with van der Waals surface area (Å²) in [5.74, 6) is -0.413. The Morgan fingerprint density at radius 3 is 1.73 bits per heavy atom. The van der Waals surface area contributed by atoms with E-state index in [9.17, 15) is 4.39 Å². The van der Waals surface area contributed by atoms with Crippen LogP contribution in [0.5, 0.6) is 0 Å². The van der Waals surface area contributed by atoms with Crippen molar-refractivity contribution < 1.29 is 8.78 Å². The first kappa shape index (κ1) is 31.2. The minimum absolute atomic E-state index is 0.150. The molecule has 0 bridgehead atoms. The molecule has 0 atom stereocenters. The van der Waals surface area contributed by atoms with E-state index in [1.54, 1.807) is 6.07 Å². The molecule has 0 fully saturated rings. The highest BCUT2D eigenvalue weighted by molar-refractivity contribution is 6.10. The Balaban J connectivity index is 1.37. The van der Waals surface area contributed by atoms with Crippen LogP contribution in [0.3, 0.4) is 0 Å². The van der Waals surface area contributed by atoms with Crippen molar-refractivity contribution in [3.63, 3.8) is 0 Å². The molecule has 0 N–H and O–H groups in total. The van der Waals surface area contributed by atoms with Crippen LogP contribution in [0.25, 0.3) is 83.9 Å². The van der Waals surface area contributed by atoms with Crippen molar-refractivity contribution in [2.75, 3.05) is 0 Å². The monoisotopic (exact) mass is 676 g/mol. The van der Waals surface area contributed by atoms with Crippen LogP contribution in [-0.4, -0.2) is 19.5 Å². The zero-order chi connectivity index (χ0) is 35.2. The van der Waals surface area contributed by atoms with Gasteiger partial charge in [-0.3, -0.25) is 0 Å². The molecule has 9 aromatic rings. The lowest BCUT2D eigenvalue weighted by atomic mass is 10.00. The summed E-state index contributed by atoms with van der Waals surface area (Å²) in [6.07, 6.45) is 0. The smallest absolute Gasteiger partial charge is 0.166 e. The molecule has 4 nitrogen and oxygen atoms in total. The number of hydrogen-bond donors (Lipinski definition) is 0. The second-order valence-corrected chi connectivity index (χ2v) is 12.8. The third-order valence-electron chi connectivity index (χ3n) is 9.50. The van der Waals surface area contributed by atoms with Crippen LogP contribution < -0.4 is 0 Å². The molecular weight excluding hydrogens is 647 g/mol. The Kier molecular flexibility index (Phi) is 7.70. The van der Waals surface area contributed by atoms with Gasteiger partial charge in [-0.1, -0.05) is 139 Å². The molecule has 0 aliphatic heterocycles. The Labute approximate surface area is 299 Å². The lowest BCUT2D eigenvalue weighted by Crippen LogP contribution is -2.04. The highest BCUT2D eigenvalue weighted by Gasteiger charge is 2.21. The number of benzene rings is 7. The molecule has 0 saturated heterocycles. The molecule has 52 heavy (non-hydrogen) atoms. The van der Waals surface area contributed by atoms with E-state index in [0.29, 0.717) is 28.6 Å². The quantitative estimate of drug-likeness (QED) is 0.176. The summed E-state index contributed by atoms with van der Waals surface area (Å²) in [4.78, 5) is 15.1. The number of aryl methyl sites for hydroxylation is 1. The lowest BCUT2D eigenvalue weighted by molar-refractivity contribution is 0.511. The van der Waals surface area contributed by atoms with Crippen molar-refractivity contribution in [3.05, 3.63) is 181 Å². The highest BCUT2D eigenvalue weighted by Crippen LogP contribution is 2.40. The summed E-state index contributed by atoms with van der Waals surface area (Å²) >= 11 is 0. The molecule has 0 unspecified atom stereocenters. The van der Waals surface area contributed by atoms with Crippen molar-refractivity contribution in [1.82, 2.24) is 19.5 Å². The van der Waals surface area contributed by atoms with Gasteiger partial charge in [0.25, 0.3) is 0 Å². The molecule has 0 aliphatic rings. The van der Waals surface area contributed by atoms with E-state index < -0.39 is 11.6 Å². The van der Waals surface area contributed by atoms with Gasteiger partial charge in [-0.15, -0.1) is 0 Å². The SMILES string of the molecule is Cc1ccc(-c2ccc3c4ccccc4n(-c4ccc(-c5cccc(F)c5F)cc4-c4nc(-c5ccccc5)nc(-c5ccccc5)n4)c3c2)cc1. The molecule has 2 aromatic heterocycles. The number of aromatic nitrogens is 4. The van der Waals surface area contributed by atoms with E-state index in [4.69, 9.17) is 15.0 Å². The zero-order valence-corrected chi connectivity index (χ0v) is 28.1. The molecule has 0 radical (unpaired) electrons. The molecule has 248 valence electrons. The number of hydrogen-bond acceptors (Lipinski definition) is 3. The van der Waals surface area contributed by atoms with E-state index in [2.05, 4.69) is 66.1 Å². The molecule has 0 saturated carbocycles. The van der Waals surface area contributed by atoms with E-state index >= 15 is 4.39 Å². The average Bonchev–Trinajstić information content (AvgIpc) is 3.53. The second-order valence-electron chi connectivity index (χ2n) is 12.8. The third-order valence-corrected chi connectivity index (χ3v) is 9.50. The molecule has 9 rings (SSSR count). The van der Waals surface area contributed by atoms with Gasteiger partial charge in [0.1, 0.15) is 0 Å². The van der Waals surface area contributed by atoms with Gasteiger partial charge in [0, 0.05) is 33.0 Å². The van der Waals surface area contributed by atoms with Gasteiger partial charge in [-0.05, 0) is 53.9 Å². The van der Waals surface area contributed by atoms with Crippen molar-refractivity contribution >= 4 is 21.8 Å². The van der Waals surface area contributed by atoms with Gasteiger partial charge in [0.15, 0.2) is 29.1 Å². The fourth-order valence-corrected chi connectivity index (χ4v) is 6.89. The first-order chi connectivity index (χ1) is 25.5. The van der Waals surface area contributed by atoms with Crippen LogP contribution in [0.4, 0.5) is 8.78 Å². The van der Waals surface area contributed by atoms with Gasteiger partial charge in [0.2, 0.25) is 0 Å². The van der Waals surface area contributed by atoms with Gasteiger partial charge < -0.3 is 4.57 Å². The van der Waals surface area contributed by atoms with Crippen molar-refractivity contribution in [1.29, 1.82) is 0 Å². The fraction of sp³-hybridized carbons (Fsp3) is 0.0217. The summed E-state index contributed by atoms with van der Waals surface area (Å²) in [6.45, 7) is 2.08. The Hall–Kier alpha value is -6.79. The predicted molar refractivity (Wildman–Crippen MR) is 206 cm³/mol. The maximum absolute atomic E-state index is 15.4. The predicted octanol–water partition coefficient (Wildman–Crippen LogP) is 11.9. The number of halogens is 2.